The Labute approximate surface area is 140 Å². The summed E-state index contributed by atoms with van der Waals surface area (Å²) in [7, 11) is 0. The minimum absolute atomic E-state index is 0.0276. The van der Waals surface area contributed by atoms with Crippen molar-refractivity contribution in [2.24, 2.45) is 0 Å². The second-order valence-corrected chi connectivity index (χ2v) is 4.68. The number of carbonyl (C=O) groups excluding carboxylic acids is 2. The standard InChI is InChI=1S/C19H17NO4/c1-3-23-18(21)16-12-15(11-10-14-8-6-5-7-9-14)13-17(20-16)19(22)24-4-2/h5-9,12-13H,3-4H2,1-2H3. The number of ether oxygens (including phenoxy) is 2. The zero-order chi connectivity index (χ0) is 17.4. The first-order chi connectivity index (χ1) is 11.6. The summed E-state index contributed by atoms with van der Waals surface area (Å²) in [5, 5.41) is 0. The average molecular weight is 323 g/mol. The molecule has 2 aromatic rings. The lowest BCUT2D eigenvalue weighted by molar-refractivity contribution is 0.0511. The summed E-state index contributed by atoms with van der Waals surface area (Å²) in [4.78, 5) is 27.8. The van der Waals surface area contributed by atoms with E-state index in [0.29, 0.717) is 5.56 Å². The van der Waals surface area contributed by atoms with Gasteiger partial charge in [-0.05, 0) is 38.1 Å². The molecule has 0 radical (unpaired) electrons. The number of nitrogens with zero attached hydrogens (tertiary/aromatic N) is 1. The van der Waals surface area contributed by atoms with Crippen LogP contribution in [0.15, 0.2) is 42.5 Å². The van der Waals surface area contributed by atoms with E-state index >= 15 is 0 Å². The number of rotatable bonds is 4. The Kier molecular flexibility index (Phi) is 6.09. The van der Waals surface area contributed by atoms with E-state index in [0.717, 1.165) is 5.56 Å². The quantitative estimate of drug-likeness (QED) is 0.639. The number of aromatic nitrogens is 1. The molecule has 1 aromatic carbocycles. The van der Waals surface area contributed by atoms with Crippen molar-refractivity contribution in [3.63, 3.8) is 0 Å². The van der Waals surface area contributed by atoms with Gasteiger partial charge in [0, 0.05) is 11.1 Å². The van der Waals surface area contributed by atoms with E-state index in [-0.39, 0.29) is 24.6 Å². The molecule has 0 unspecified atom stereocenters. The fraction of sp³-hybridized carbons (Fsp3) is 0.211. The molecule has 0 aliphatic carbocycles. The van der Waals surface area contributed by atoms with E-state index in [4.69, 9.17) is 9.47 Å². The molecule has 0 amide bonds. The maximum atomic E-state index is 11.9. The monoisotopic (exact) mass is 323 g/mol. The number of esters is 2. The van der Waals surface area contributed by atoms with E-state index in [1.54, 1.807) is 13.8 Å². The Morgan fingerprint density at radius 1 is 0.875 bits per heavy atom. The highest BCUT2D eigenvalue weighted by atomic mass is 16.5. The molecule has 122 valence electrons. The van der Waals surface area contributed by atoms with Crippen molar-refractivity contribution in [1.82, 2.24) is 4.98 Å². The van der Waals surface area contributed by atoms with Crippen molar-refractivity contribution in [3.05, 3.63) is 65.0 Å². The highest BCUT2D eigenvalue weighted by molar-refractivity contribution is 5.92. The first-order valence-electron chi connectivity index (χ1n) is 7.57. The van der Waals surface area contributed by atoms with Crippen LogP contribution >= 0.6 is 0 Å². The van der Waals surface area contributed by atoms with Crippen LogP contribution in [0.2, 0.25) is 0 Å². The van der Waals surface area contributed by atoms with E-state index in [1.807, 2.05) is 30.3 Å². The molecule has 2 rings (SSSR count). The van der Waals surface area contributed by atoms with E-state index < -0.39 is 11.9 Å². The van der Waals surface area contributed by atoms with Crippen LogP contribution in [0.25, 0.3) is 0 Å². The van der Waals surface area contributed by atoms with Crippen LogP contribution in [0.5, 0.6) is 0 Å². The van der Waals surface area contributed by atoms with Gasteiger partial charge in [0.15, 0.2) is 11.4 Å². The highest BCUT2D eigenvalue weighted by Crippen LogP contribution is 2.09. The fourth-order valence-electron chi connectivity index (χ4n) is 1.89. The van der Waals surface area contributed by atoms with Crippen LogP contribution < -0.4 is 0 Å². The van der Waals surface area contributed by atoms with Crippen molar-refractivity contribution in [1.29, 1.82) is 0 Å². The maximum absolute atomic E-state index is 11.9. The molecule has 0 spiro atoms. The summed E-state index contributed by atoms with van der Waals surface area (Å²) in [5.41, 5.74) is 1.36. The first-order valence-corrected chi connectivity index (χ1v) is 7.57. The number of hydrogen-bond donors (Lipinski definition) is 0. The summed E-state index contributed by atoms with van der Waals surface area (Å²) in [6.07, 6.45) is 0. The smallest absolute Gasteiger partial charge is 0.356 e. The average Bonchev–Trinajstić information content (AvgIpc) is 2.61. The van der Waals surface area contributed by atoms with Gasteiger partial charge in [0.25, 0.3) is 0 Å². The lowest BCUT2D eigenvalue weighted by Gasteiger charge is -2.05. The second-order valence-electron chi connectivity index (χ2n) is 4.68. The predicted octanol–water partition coefficient (Wildman–Crippen LogP) is 2.83. The molecule has 0 saturated carbocycles. The summed E-state index contributed by atoms with van der Waals surface area (Å²) in [6, 6.07) is 12.4. The van der Waals surface area contributed by atoms with E-state index in [2.05, 4.69) is 16.8 Å². The fourth-order valence-corrected chi connectivity index (χ4v) is 1.89. The molecule has 0 N–H and O–H groups in total. The molecule has 0 saturated heterocycles. The van der Waals surface area contributed by atoms with Gasteiger partial charge in [0.1, 0.15) is 0 Å². The normalized spacial score (nSPS) is 9.58. The summed E-state index contributed by atoms with van der Waals surface area (Å²) in [6.45, 7) is 3.83. The number of carbonyl (C=O) groups is 2. The molecule has 5 nitrogen and oxygen atoms in total. The Morgan fingerprint density at radius 3 is 1.88 bits per heavy atom. The van der Waals surface area contributed by atoms with Gasteiger partial charge in [-0.2, -0.15) is 0 Å². The van der Waals surface area contributed by atoms with Crippen molar-refractivity contribution < 1.29 is 19.1 Å². The van der Waals surface area contributed by atoms with Crippen LogP contribution in [0, 0.1) is 11.8 Å². The van der Waals surface area contributed by atoms with E-state index in [1.165, 1.54) is 12.1 Å². The minimum atomic E-state index is -0.605. The molecule has 24 heavy (non-hydrogen) atoms. The maximum Gasteiger partial charge on any atom is 0.356 e. The zero-order valence-electron chi connectivity index (χ0n) is 13.5. The molecule has 0 fully saturated rings. The molecule has 1 heterocycles. The van der Waals surface area contributed by atoms with Crippen molar-refractivity contribution in [2.75, 3.05) is 13.2 Å². The van der Waals surface area contributed by atoms with Gasteiger partial charge in [-0.3, -0.25) is 0 Å². The third-order valence-electron chi connectivity index (χ3n) is 2.92. The molecule has 5 heteroatoms. The van der Waals surface area contributed by atoms with Crippen molar-refractivity contribution in [3.8, 4) is 11.8 Å². The molecular formula is C19H17NO4. The van der Waals surface area contributed by atoms with Crippen LogP contribution in [0.3, 0.4) is 0 Å². The van der Waals surface area contributed by atoms with Gasteiger partial charge >= 0.3 is 11.9 Å². The molecular weight excluding hydrogens is 306 g/mol. The SMILES string of the molecule is CCOC(=O)c1cc(C#Cc2ccccc2)cc(C(=O)OCC)n1. The van der Waals surface area contributed by atoms with Gasteiger partial charge in [0.2, 0.25) is 0 Å². The largest absolute Gasteiger partial charge is 0.461 e. The van der Waals surface area contributed by atoms with Gasteiger partial charge in [-0.1, -0.05) is 30.0 Å². The molecule has 0 bridgehead atoms. The number of benzene rings is 1. The summed E-state index contributed by atoms with van der Waals surface area (Å²) < 4.78 is 9.88. The zero-order valence-corrected chi connectivity index (χ0v) is 13.5. The van der Waals surface area contributed by atoms with Crippen LogP contribution in [-0.4, -0.2) is 30.1 Å². The third kappa shape index (κ3) is 4.68. The number of hydrogen-bond acceptors (Lipinski definition) is 5. The first kappa shape index (κ1) is 17.2. The Balaban J connectivity index is 2.41. The Hall–Kier alpha value is -3.13. The Morgan fingerprint density at radius 2 is 1.38 bits per heavy atom. The van der Waals surface area contributed by atoms with Crippen LogP contribution in [0.1, 0.15) is 46.0 Å². The summed E-state index contributed by atoms with van der Waals surface area (Å²) >= 11 is 0. The van der Waals surface area contributed by atoms with E-state index in [9.17, 15) is 9.59 Å². The lowest BCUT2D eigenvalue weighted by Crippen LogP contribution is -2.13. The molecule has 0 aliphatic rings. The topological polar surface area (TPSA) is 65.5 Å². The van der Waals surface area contributed by atoms with Crippen LogP contribution in [-0.2, 0) is 9.47 Å². The Bertz CT molecular complexity index is 752. The second kappa shape index (κ2) is 8.49. The van der Waals surface area contributed by atoms with Crippen molar-refractivity contribution in [2.45, 2.75) is 13.8 Å². The predicted molar refractivity (Wildman–Crippen MR) is 88.6 cm³/mol. The molecule has 0 aliphatic heterocycles. The number of pyridine rings is 1. The summed E-state index contributed by atoms with van der Waals surface area (Å²) in [5.74, 6) is 4.70. The van der Waals surface area contributed by atoms with Crippen molar-refractivity contribution >= 4 is 11.9 Å². The lowest BCUT2D eigenvalue weighted by atomic mass is 10.1. The highest BCUT2D eigenvalue weighted by Gasteiger charge is 2.16. The van der Waals surface area contributed by atoms with Gasteiger partial charge in [0.05, 0.1) is 13.2 Å². The molecule has 0 atom stereocenters. The van der Waals surface area contributed by atoms with Gasteiger partial charge in [-0.25, -0.2) is 14.6 Å². The van der Waals surface area contributed by atoms with Gasteiger partial charge in [-0.15, -0.1) is 0 Å². The third-order valence-corrected chi connectivity index (χ3v) is 2.92. The van der Waals surface area contributed by atoms with Crippen LogP contribution in [0.4, 0.5) is 0 Å². The minimum Gasteiger partial charge on any atom is -0.461 e. The van der Waals surface area contributed by atoms with Gasteiger partial charge < -0.3 is 9.47 Å². The molecule has 1 aromatic heterocycles.